The third-order valence-corrected chi connectivity index (χ3v) is 2.96. The number of hydrogen-bond donors (Lipinski definition) is 0. The highest BCUT2D eigenvalue weighted by Gasteiger charge is 1.99. The van der Waals surface area contributed by atoms with Crippen LogP contribution in [0.4, 0.5) is 0 Å². The second kappa shape index (κ2) is 7.46. The molecule has 20 heavy (non-hydrogen) atoms. The van der Waals surface area contributed by atoms with Gasteiger partial charge in [-0.15, -0.1) is 0 Å². The number of fused-ring (bicyclic) bond motifs is 1. The third-order valence-electron chi connectivity index (χ3n) is 2.96. The molecular weight excluding hydrogens is 252 g/mol. The molecule has 3 heteroatoms. The van der Waals surface area contributed by atoms with Crippen LogP contribution >= 0.6 is 0 Å². The Balaban J connectivity index is 2.01. The molecule has 0 amide bonds. The molecule has 0 unspecified atom stereocenters. The van der Waals surface area contributed by atoms with Crippen molar-refractivity contribution in [3.05, 3.63) is 54.1 Å². The first kappa shape index (κ1) is 14.3. The largest absolute Gasteiger partial charge is 0.462 e. The van der Waals surface area contributed by atoms with Gasteiger partial charge in [-0.05, 0) is 22.4 Å². The first-order valence-electron chi connectivity index (χ1n) is 6.63. The summed E-state index contributed by atoms with van der Waals surface area (Å²) in [4.78, 5) is 11.6. The lowest BCUT2D eigenvalue weighted by Gasteiger charge is -2.02. The average molecular weight is 270 g/mol. The quantitative estimate of drug-likeness (QED) is 0.458. The minimum absolute atomic E-state index is 0.325. The summed E-state index contributed by atoms with van der Waals surface area (Å²) in [6.45, 7) is 0.979. The van der Waals surface area contributed by atoms with Crippen molar-refractivity contribution in [1.29, 1.82) is 0 Å². The molecule has 0 bridgehead atoms. The lowest BCUT2D eigenvalue weighted by Crippen LogP contribution is -2.04. The molecule has 0 saturated carbocycles. The van der Waals surface area contributed by atoms with Crippen LogP contribution in [0.2, 0.25) is 0 Å². The molecule has 0 N–H and O–H groups in total. The van der Waals surface area contributed by atoms with Gasteiger partial charge >= 0.3 is 5.97 Å². The Kier molecular flexibility index (Phi) is 5.33. The second-order valence-electron chi connectivity index (χ2n) is 4.42. The van der Waals surface area contributed by atoms with Crippen molar-refractivity contribution in [1.82, 2.24) is 0 Å². The van der Waals surface area contributed by atoms with Crippen LogP contribution in [0, 0.1) is 0 Å². The molecule has 2 aromatic carbocycles. The Morgan fingerprint density at radius 2 is 1.90 bits per heavy atom. The van der Waals surface area contributed by atoms with E-state index in [0.29, 0.717) is 19.6 Å². The Labute approximate surface area is 118 Å². The van der Waals surface area contributed by atoms with Gasteiger partial charge in [-0.2, -0.15) is 0 Å². The maximum absolute atomic E-state index is 11.6. The minimum atomic E-state index is -0.325. The minimum Gasteiger partial charge on any atom is -0.462 e. The van der Waals surface area contributed by atoms with Crippen LogP contribution in [0.25, 0.3) is 16.8 Å². The number of carbonyl (C=O) groups excluding carboxylic acids is 1. The predicted molar refractivity (Wildman–Crippen MR) is 80.4 cm³/mol. The molecule has 0 aliphatic rings. The lowest BCUT2D eigenvalue weighted by molar-refractivity contribution is -0.138. The van der Waals surface area contributed by atoms with E-state index in [-0.39, 0.29) is 5.97 Å². The SMILES string of the molecule is COCCCOC(=O)C=Cc1cccc2ccccc12. The van der Waals surface area contributed by atoms with Crippen LogP contribution in [0.3, 0.4) is 0 Å². The fourth-order valence-corrected chi connectivity index (χ4v) is 1.98. The van der Waals surface area contributed by atoms with E-state index in [1.165, 1.54) is 6.08 Å². The zero-order valence-corrected chi connectivity index (χ0v) is 11.5. The molecule has 0 saturated heterocycles. The Bertz CT molecular complexity index is 597. The molecule has 0 atom stereocenters. The summed E-state index contributed by atoms with van der Waals surface area (Å²) in [6, 6.07) is 14.1. The number of esters is 1. The molecule has 0 aromatic heterocycles. The maximum Gasteiger partial charge on any atom is 0.330 e. The Morgan fingerprint density at radius 3 is 2.75 bits per heavy atom. The molecule has 3 nitrogen and oxygen atoms in total. The van der Waals surface area contributed by atoms with Crippen LogP contribution in [-0.2, 0) is 14.3 Å². The molecule has 0 heterocycles. The highest BCUT2D eigenvalue weighted by Crippen LogP contribution is 2.19. The van der Waals surface area contributed by atoms with E-state index < -0.39 is 0 Å². The first-order chi connectivity index (χ1) is 9.81. The summed E-state index contributed by atoms with van der Waals surface area (Å²) < 4.78 is 9.96. The van der Waals surface area contributed by atoms with E-state index in [1.54, 1.807) is 13.2 Å². The van der Waals surface area contributed by atoms with Crippen LogP contribution in [0.1, 0.15) is 12.0 Å². The van der Waals surface area contributed by atoms with Crippen molar-refractivity contribution in [2.24, 2.45) is 0 Å². The molecule has 0 fully saturated rings. The highest BCUT2D eigenvalue weighted by molar-refractivity contribution is 5.94. The fourth-order valence-electron chi connectivity index (χ4n) is 1.98. The van der Waals surface area contributed by atoms with E-state index >= 15 is 0 Å². The van der Waals surface area contributed by atoms with Gasteiger partial charge in [-0.25, -0.2) is 4.79 Å². The summed E-state index contributed by atoms with van der Waals surface area (Å²) in [6.07, 6.45) is 3.97. The molecule has 0 spiro atoms. The van der Waals surface area contributed by atoms with Crippen molar-refractivity contribution in [3.8, 4) is 0 Å². The van der Waals surface area contributed by atoms with Gasteiger partial charge in [0.2, 0.25) is 0 Å². The van der Waals surface area contributed by atoms with Gasteiger partial charge < -0.3 is 9.47 Å². The third kappa shape index (κ3) is 3.93. The molecule has 0 aliphatic heterocycles. The van der Waals surface area contributed by atoms with Crippen molar-refractivity contribution in [2.75, 3.05) is 20.3 Å². The molecular formula is C17H18O3. The van der Waals surface area contributed by atoms with Crippen LogP contribution in [0.15, 0.2) is 48.5 Å². The highest BCUT2D eigenvalue weighted by atomic mass is 16.5. The van der Waals surface area contributed by atoms with Crippen LogP contribution < -0.4 is 0 Å². The Morgan fingerprint density at radius 1 is 1.10 bits per heavy atom. The topological polar surface area (TPSA) is 35.5 Å². The second-order valence-corrected chi connectivity index (χ2v) is 4.42. The number of carbonyl (C=O) groups is 1. The number of ether oxygens (including phenoxy) is 2. The fraction of sp³-hybridized carbons (Fsp3) is 0.235. The summed E-state index contributed by atoms with van der Waals surface area (Å²) in [5, 5.41) is 2.28. The van der Waals surface area contributed by atoms with Gasteiger partial charge in [0.1, 0.15) is 0 Å². The number of rotatable bonds is 6. The molecule has 104 valence electrons. The van der Waals surface area contributed by atoms with Crippen molar-refractivity contribution >= 4 is 22.8 Å². The lowest BCUT2D eigenvalue weighted by atomic mass is 10.0. The average Bonchev–Trinajstić information content (AvgIpc) is 2.49. The summed E-state index contributed by atoms with van der Waals surface area (Å²) in [7, 11) is 1.63. The van der Waals surface area contributed by atoms with Gasteiger partial charge in [0.25, 0.3) is 0 Å². The molecule has 2 rings (SSSR count). The smallest absolute Gasteiger partial charge is 0.330 e. The van der Waals surface area contributed by atoms with Gasteiger partial charge in [0.05, 0.1) is 6.61 Å². The summed E-state index contributed by atoms with van der Waals surface area (Å²) >= 11 is 0. The van der Waals surface area contributed by atoms with Gasteiger partial charge in [0.15, 0.2) is 0 Å². The molecule has 0 aliphatic carbocycles. The van der Waals surface area contributed by atoms with E-state index in [9.17, 15) is 4.79 Å². The van der Waals surface area contributed by atoms with Crippen LogP contribution in [-0.4, -0.2) is 26.3 Å². The predicted octanol–water partition coefficient (Wildman–Crippen LogP) is 3.43. The normalized spacial score (nSPS) is 11.1. The number of hydrogen-bond acceptors (Lipinski definition) is 3. The maximum atomic E-state index is 11.6. The monoisotopic (exact) mass is 270 g/mol. The standard InChI is InChI=1S/C17H18O3/c1-19-12-5-13-20-17(18)11-10-15-8-4-7-14-6-2-3-9-16(14)15/h2-4,6-11H,5,12-13H2,1H3. The van der Waals surface area contributed by atoms with E-state index in [2.05, 4.69) is 12.1 Å². The van der Waals surface area contributed by atoms with Crippen molar-refractivity contribution < 1.29 is 14.3 Å². The zero-order chi connectivity index (χ0) is 14.2. The van der Waals surface area contributed by atoms with E-state index in [4.69, 9.17) is 9.47 Å². The van der Waals surface area contributed by atoms with E-state index in [0.717, 1.165) is 16.3 Å². The van der Waals surface area contributed by atoms with Crippen LogP contribution in [0.5, 0.6) is 0 Å². The summed E-state index contributed by atoms with van der Waals surface area (Å²) in [5.74, 6) is -0.325. The first-order valence-corrected chi connectivity index (χ1v) is 6.63. The number of methoxy groups -OCH3 is 1. The molecule has 0 radical (unpaired) electrons. The van der Waals surface area contributed by atoms with Crippen molar-refractivity contribution in [2.45, 2.75) is 6.42 Å². The molecule has 2 aromatic rings. The summed E-state index contributed by atoms with van der Waals surface area (Å²) in [5.41, 5.74) is 1.01. The van der Waals surface area contributed by atoms with Gasteiger partial charge in [-0.1, -0.05) is 42.5 Å². The van der Waals surface area contributed by atoms with Gasteiger partial charge in [-0.3, -0.25) is 0 Å². The number of benzene rings is 2. The van der Waals surface area contributed by atoms with E-state index in [1.807, 2.05) is 30.3 Å². The Hall–Kier alpha value is -2.13. The van der Waals surface area contributed by atoms with Crippen molar-refractivity contribution in [3.63, 3.8) is 0 Å². The zero-order valence-electron chi connectivity index (χ0n) is 11.5. The van der Waals surface area contributed by atoms with Gasteiger partial charge in [0, 0.05) is 26.2 Å².